The maximum Gasteiger partial charge on any atom is 0.232 e. The van der Waals surface area contributed by atoms with Gasteiger partial charge in [-0.2, -0.15) is 9.84 Å². The monoisotopic (exact) mass is 469 g/mol. The average Bonchev–Trinajstić information content (AvgIpc) is 3.63. The Labute approximate surface area is 202 Å². The van der Waals surface area contributed by atoms with Crippen LogP contribution in [0.1, 0.15) is 5.56 Å². The predicted molar refractivity (Wildman–Crippen MR) is 139 cm³/mol. The van der Waals surface area contributed by atoms with Crippen molar-refractivity contribution >= 4 is 45.3 Å². The van der Waals surface area contributed by atoms with Gasteiger partial charge in [0.1, 0.15) is 9.06 Å². The van der Waals surface area contributed by atoms with Crippen molar-refractivity contribution in [1.82, 2.24) is 4.58 Å². The molecule has 2 aliphatic rings. The second-order valence-electron chi connectivity index (χ2n) is 8.27. The lowest BCUT2D eigenvalue weighted by molar-refractivity contribution is 1.00. The van der Waals surface area contributed by atoms with Crippen LogP contribution in [0.4, 0.5) is 11.4 Å². The molecular formula is C29H15N3S2. The van der Waals surface area contributed by atoms with Crippen molar-refractivity contribution in [2.75, 3.05) is 0 Å². The Morgan fingerprint density at radius 1 is 0.824 bits per heavy atom. The van der Waals surface area contributed by atoms with E-state index < -0.39 is 0 Å². The number of para-hydroxylation sites is 1. The highest BCUT2D eigenvalue weighted by Gasteiger charge is 2.25. The Morgan fingerprint density at radius 2 is 1.62 bits per heavy atom. The highest BCUT2D eigenvalue weighted by Crippen LogP contribution is 2.34. The lowest BCUT2D eigenvalue weighted by atomic mass is 10.0. The topological polar surface area (TPSA) is 49.1 Å². The molecule has 0 N–H and O–H groups in total. The van der Waals surface area contributed by atoms with E-state index in [-0.39, 0.29) is 5.71 Å². The van der Waals surface area contributed by atoms with E-state index in [2.05, 4.69) is 64.6 Å². The summed E-state index contributed by atoms with van der Waals surface area (Å²) in [6, 6.07) is 31.2. The van der Waals surface area contributed by atoms with E-state index in [4.69, 9.17) is 0 Å². The fourth-order valence-electron chi connectivity index (χ4n) is 5.02. The molecule has 0 amide bonds. The second kappa shape index (κ2) is 7.19. The van der Waals surface area contributed by atoms with Crippen LogP contribution in [0.15, 0.2) is 90.3 Å². The van der Waals surface area contributed by atoms with E-state index in [9.17, 15) is 10.7 Å². The van der Waals surface area contributed by atoms with Crippen LogP contribution in [-0.2, 0) is 0 Å². The smallest absolute Gasteiger partial charge is 0.232 e. The number of rotatable bonds is 2. The molecule has 2 aromatic heterocycles. The normalized spacial score (nSPS) is 13.7. The van der Waals surface area contributed by atoms with Crippen molar-refractivity contribution in [2.45, 2.75) is 0 Å². The molecule has 3 aromatic carbocycles. The van der Waals surface area contributed by atoms with Crippen LogP contribution in [0.3, 0.4) is 0 Å². The van der Waals surface area contributed by atoms with Gasteiger partial charge < -0.3 is 5.41 Å². The fourth-order valence-corrected chi connectivity index (χ4v) is 7.20. The van der Waals surface area contributed by atoms with Gasteiger partial charge in [0.15, 0.2) is 0 Å². The van der Waals surface area contributed by atoms with E-state index in [1.165, 1.54) is 24.6 Å². The Morgan fingerprint density at radius 3 is 2.44 bits per heavy atom. The van der Waals surface area contributed by atoms with Crippen molar-refractivity contribution < 1.29 is 0 Å². The molecule has 34 heavy (non-hydrogen) atoms. The zero-order chi connectivity index (χ0) is 22.8. The summed E-state index contributed by atoms with van der Waals surface area (Å²) >= 11 is 3.60. The van der Waals surface area contributed by atoms with Crippen LogP contribution in [0, 0.1) is 30.1 Å². The first-order chi connectivity index (χ1) is 16.7. The highest BCUT2D eigenvalue weighted by molar-refractivity contribution is 7.12. The Kier molecular flexibility index (Phi) is 4.10. The molecule has 5 heteroatoms. The van der Waals surface area contributed by atoms with Gasteiger partial charge in [-0.05, 0) is 44.1 Å². The van der Waals surface area contributed by atoms with E-state index in [1.807, 2.05) is 47.7 Å². The predicted octanol–water partition coefficient (Wildman–Crippen LogP) is 5.56. The molecule has 0 saturated carbocycles. The number of nitrogens with zero attached hydrogens (tertiary/aromatic N) is 3. The highest BCUT2D eigenvalue weighted by atomic mass is 32.1. The van der Waals surface area contributed by atoms with Gasteiger partial charge >= 0.3 is 0 Å². The Hall–Kier alpha value is -4.11. The largest absolute Gasteiger partial charge is 0.794 e. The van der Waals surface area contributed by atoms with Gasteiger partial charge in [-0.1, -0.05) is 60.3 Å². The summed E-state index contributed by atoms with van der Waals surface area (Å²) in [5.41, 5.74) is 5.76. The van der Waals surface area contributed by atoms with Crippen LogP contribution in [0.25, 0.3) is 22.1 Å². The quantitative estimate of drug-likeness (QED) is 0.242. The van der Waals surface area contributed by atoms with E-state index in [0.29, 0.717) is 5.57 Å². The Bertz CT molecular complexity index is 2040. The maximum atomic E-state index is 10.3. The molecular weight excluding hydrogens is 454 g/mol. The zero-order valence-corrected chi connectivity index (χ0v) is 19.5. The molecule has 3 heterocycles. The van der Waals surface area contributed by atoms with Crippen LogP contribution in [-0.4, -0.2) is 5.71 Å². The summed E-state index contributed by atoms with van der Waals surface area (Å²) in [6.07, 6.45) is 0. The molecule has 5 aromatic rings. The number of hydrogen-bond acceptors (Lipinski definition) is 3. The number of hydrogen-bond donors (Lipinski definition) is 0. The zero-order valence-electron chi connectivity index (χ0n) is 17.8. The second-order valence-corrected chi connectivity index (χ2v) is 10.2. The molecule has 0 fully saturated rings. The summed E-state index contributed by atoms with van der Waals surface area (Å²) in [7, 11) is 0. The standard InChI is InChI=1S/C29H15N3S2/c30-16-23(31)27-20-9-5-4-8-19(20)22-14-17(10-11-21(22)27)26-15-25-29(34-26)28-24(12-13-33-28)32(25)18-6-2-1-3-7-18/h1-15H/b26-17+. The molecule has 158 valence electrons. The summed E-state index contributed by atoms with van der Waals surface area (Å²) in [6.45, 7) is 0. The van der Waals surface area contributed by atoms with Crippen LogP contribution in [0.2, 0.25) is 0 Å². The van der Waals surface area contributed by atoms with Crippen molar-refractivity contribution in [3.63, 3.8) is 0 Å². The number of nitriles is 1. The molecule has 0 saturated heterocycles. The molecule has 1 aliphatic heterocycles. The number of thiophene rings is 2. The van der Waals surface area contributed by atoms with E-state index >= 15 is 0 Å². The molecule has 0 atom stereocenters. The van der Waals surface area contributed by atoms with Crippen molar-refractivity contribution in [3.8, 4) is 17.2 Å². The molecule has 0 radical (unpaired) electrons. The minimum absolute atomic E-state index is 0.238. The minimum Gasteiger partial charge on any atom is -0.794 e. The third-order valence-electron chi connectivity index (χ3n) is 6.46. The van der Waals surface area contributed by atoms with Gasteiger partial charge in [-0.3, -0.25) is 0 Å². The van der Waals surface area contributed by atoms with Gasteiger partial charge in [0.2, 0.25) is 16.7 Å². The summed E-state index contributed by atoms with van der Waals surface area (Å²) in [5.74, 6) is 0. The van der Waals surface area contributed by atoms with Crippen molar-refractivity contribution in [1.29, 1.82) is 5.26 Å². The van der Waals surface area contributed by atoms with Gasteiger partial charge in [0.25, 0.3) is 0 Å². The van der Waals surface area contributed by atoms with Gasteiger partial charge in [-0.25, -0.2) is 0 Å². The SMILES string of the molecule is N#CC(=[N-])C1=c2cc/c(=c3/cc4c(s3)=c3sccc3=[N+]4c3ccccc3)cc2-c2ccccc21. The lowest BCUT2D eigenvalue weighted by Gasteiger charge is -2.07. The molecule has 7 rings (SSSR count). The van der Waals surface area contributed by atoms with Crippen LogP contribution in [0.5, 0.6) is 0 Å². The summed E-state index contributed by atoms with van der Waals surface area (Å²) in [5, 5.41) is 25.2. The van der Waals surface area contributed by atoms with E-state index in [0.717, 1.165) is 32.8 Å². The van der Waals surface area contributed by atoms with Gasteiger partial charge in [-0.15, -0.1) is 22.7 Å². The maximum absolute atomic E-state index is 10.3. The molecule has 3 nitrogen and oxygen atoms in total. The van der Waals surface area contributed by atoms with Crippen molar-refractivity contribution in [2.24, 2.45) is 0 Å². The summed E-state index contributed by atoms with van der Waals surface area (Å²) < 4.78 is 6.15. The third-order valence-corrected chi connectivity index (χ3v) is 8.70. The Balaban J connectivity index is 1.55. The molecule has 0 spiro atoms. The van der Waals surface area contributed by atoms with E-state index in [1.54, 1.807) is 11.3 Å². The lowest BCUT2D eigenvalue weighted by Crippen LogP contribution is -2.16. The molecule has 0 unspecified atom stereocenters. The fraction of sp³-hybridized carbons (Fsp3) is 0. The number of fused-ring (bicyclic) bond motifs is 5. The molecule has 0 bridgehead atoms. The third kappa shape index (κ3) is 2.61. The first-order valence-electron chi connectivity index (χ1n) is 10.9. The first-order valence-corrected chi connectivity index (χ1v) is 12.6. The van der Waals surface area contributed by atoms with Crippen molar-refractivity contribution in [3.05, 3.63) is 131 Å². The first kappa shape index (κ1) is 19.4. The average molecular weight is 470 g/mol. The van der Waals surface area contributed by atoms with Gasteiger partial charge in [0, 0.05) is 28.8 Å². The minimum atomic E-state index is -0.238. The number of benzene rings is 3. The summed E-state index contributed by atoms with van der Waals surface area (Å²) in [4.78, 5) is 0. The van der Waals surface area contributed by atoms with Gasteiger partial charge in [0.05, 0.1) is 6.07 Å². The molecule has 1 aliphatic carbocycles. The van der Waals surface area contributed by atoms with Crippen LogP contribution < -0.4 is 15.2 Å². The van der Waals surface area contributed by atoms with Crippen LogP contribution >= 0.6 is 22.7 Å².